The average Bonchev–Trinajstić information content (AvgIpc) is 3.11. The summed E-state index contributed by atoms with van der Waals surface area (Å²) in [6.07, 6.45) is -4.11. The molecule has 13 heteroatoms. The van der Waals surface area contributed by atoms with E-state index < -0.39 is 41.9 Å². The molecule has 2 saturated heterocycles. The third kappa shape index (κ3) is 5.42. The smallest absolute Gasteiger partial charge is 0.356 e. The molecular formula is C21H33ClF3N5O4. The van der Waals surface area contributed by atoms with Gasteiger partial charge < -0.3 is 15.5 Å². The zero-order chi connectivity index (χ0) is 24.7. The summed E-state index contributed by atoms with van der Waals surface area (Å²) in [7, 11) is 0. The SMILES string of the molecule is CCC(C)C(NC(=O)C(F)(F)F)C(=O)N1C[C@H]2[C@@H](C1C(=O)NNC[C@@H]1CCNC1=O)C2(C)C.Cl. The molecule has 9 nitrogen and oxygen atoms in total. The summed E-state index contributed by atoms with van der Waals surface area (Å²) in [6.45, 7) is 8.30. The van der Waals surface area contributed by atoms with Crippen molar-refractivity contribution in [2.24, 2.45) is 29.1 Å². The van der Waals surface area contributed by atoms with Gasteiger partial charge in [0.1, 0.15) is 12.1 Å². The zero-order valence-electron chi connectivity index (χ0n) is 19.6. The number of amides is 4. The number of likely N-dealkylation sites (tertiary alicyclic amines) is 1. The number of nitrogens with one attached hydrogen (secondary N) is 4. The second-order valence-electron chi connectivity index (χ2n) is 9.87. The van der Waals surface area contributed by atoms with Gasteiger partial charge in [-0.3, -0.25) is 24.6 Å². The molecule has 1 saturated carbocycles. The van der Waals surface area contributed by atoms with Gasteiger partial charge in [0.25, 0.3) is 5.91 Å². The van der Waals surface area contributed by atoms with Crippen LogP contribution in [0.5, 0.6) is 0 Å². The first kappa shape index (κ1) is 28.2. The van der Waals surface area contributed by atoms with E-state index >= 15 is 0 Å². The largest absolute Gasteiger partial charge is 0.471 e. The molecule has 0 aromatic carbocycles. The fraction of sp³-hybridized carbons (Fsp3) is 0.810. The Morgan fingerprint density at radius 2 is 1.91 bits per heavy atom. The quantitative estimate of drug-likeness (QED) is 0.358. The van der Waals surface area contributed by atoms with Crippen LogP contribution in [0.4, 0.5) is 13.2 Å². The Balaban J connectivity index is 0.00000408. The van der Waals surface area contributed by atoms with E-state index in [1.54, 1.807) is 13.8 Å². The lowest BCUT2D eigenvalue weighted by atomic mass is 9.95. The highest BCUT2D eigenvalue weighted by molar-refractivity contribution is 5.94. The molecule has 0 spiro atoms. The molecule has 2 aliphatic heterocycles. The van der Waals surface area contributed by atoms with Gasteiger partial charge in [0.05, 0.1) is 5.92 Å². The van der Waals surface area contributed by atoms with E-state index in [0.29, 0.717) is 19.4 Å². The van der Waals surface area contributed by atoms with E-state index in [2.05, 4.69) is 16.2 Å². The number of hydrazine groups is 1. The molecule has 0 bridgehead atoms. The lowest BCUT2D eigenvalue weighted by molar-refractivity contribution is -0.175. The van der Waals surface area contributed by atoms with Crippen LogP contribution >= 0.6 is 12.4 Å². The molecule has 0 aromatic heterocycles. The van der Waals surface area contributed by atoms with Gasteiger partial charge in [-0.2, -0.15) is 13.2 Å². The van der Waals surface area contributed by atoms with Crippen molar-refractivity contribution in [3.8, 4) is 0 Å². The third-order valence-electron chi connectivity index (χ3n) is 7.51. The van der Waals surface area contributed by atoms with Crippen molar-refractivity contribution < 1.29 is 32.3 Å². The van der Waals surface area contributed by atoms with Crippen molar-refractivity contribution in [3.63, 3.8) is 0 Å². The molecule has 6 atom stereocenters. The molecule has 2 heterocycles. The highest BCUT2D eigenvalue weighted by atomic mass is 35.5. The van der Waals surface area contributed by atoms with Crippen LogP contribution in [0.2, 0.25) is 0 Å². The number of alkyl halides is 3. The Hall–Kier alpha value is -2.08. The molecule has 34 heavy (non-hydrogen) atoms. The standard InChI is InChI=1S/C21H32F3N5O4.ClH/c1-5-10(2)14(27-19(33)21(22,23)24)18(32)29-9-12-13(20(12,3)4)15(29)17(31)28-26-8-11-6-7-25-16(11)30;/h10-15,26H,5-9H2,1-4H3,(H,25,30)(H,27,33)(H,28,31);1H/t10?,11-,12-,13-,14?,15?;/m0./s1. The number of nitrogens with zero attached hydrogens (tertiary/aromatic N) is 1. The van der Waals surface area contributed by atoms with Crippen molar-refractivity contribution in [2.75, 3.05) is 19.6 Å². The van der Waals surface area contributed by atoms with Crippen LogP contribution in [0.25, 0.3) is 0 Å². The van der Waals surface area contributed by atoms with E-state index in [1.807, 2.05) is 19.2 Å². The first-order chi connectivity index (χ1) is 15.3. The van der Waals surface area contributed by atoms with Crippen molar-refractivity contribution >= 4 is 36.0 Å². The Bertz CT molecular complexity index is 825. The number of fused-ring (bicyclic) bond motifs is 1. The number of carbonyl (C=O) groups is 4. The van der Waals surface area contributed by atoms with Gasteiger partial charge in [0, 0.05) is 19.6 Å². The van der Waals surface area contributed by atoms with Crippen LogP contribution in [0, 0.1) is 29.1 Å². The number of rotatable bonds is 8. The van der Waals surface area contributed by atoms with Crippen molar-refractivity contribution in [3.05, 3.63) is 0 Å². The summed E-state index contributed by atoms with van der Waals surface area (Å²) < 4.78 is 38.6. The van der Waals surface area contributed by atoms with Gasteiger partial charge in [-0.25, -0.2) is 5.43 Å². The number of piperidine rings is 1. The number of halogens is 4. The van der Waals surface area contributed by atoms with E-state index in [1.165, 1.54) is 4.90 Å². The van der Waals surface area contributed by atoms with E-state index in [4.69, 9.17) is 0 Å². The molecule has 4 amide bonds. The first-order valence-electron chi connectivity index (χ1n) is 11.3. The Morgan fingerprint density at radius 3 is 2.44 bits per heavy atom. The lowest BCUT2D eigenvalue weighted by Gasteiger charge is -2.34. The molecule has 3 fully saturated rings. The molecule has 3 aliphatic rings. The molecule has 0 radical (unpaired) electrons. The van der Waals surface area contributed by atoms with E-state index in [-0.39, 0.29) is 54.6 Å². The van der Waals surface area contributed by atoms with Crippen molar-refractivity contribution in [1.82, 2.24) is 26.4 Å². The van der Waals surface area contributed by atoms with Crippen molar-refractivity contribution in [1.29, 1.82) is 0 Å². The van der Waals surface area contributed by atoms with Gasteiger partial charge in [-0.05, 0) is 29.6 Å². The predicted molar refractivity (Wildman–Crippen MR) is 118 cm³/mol. The normalized spacial score (nSPS) is 28.8. The zero-order valence-corrected chi connectivity index (χ0v) is 20.4. The topological polar surface area (TPSA) is 120 Å². The van der Waals surface area contributed by atoms with Crippen LogP contribution in [0.3, 0.4) is 0 Å². The highest BCUT2D eigenvalue weighted by Crippen LogP contribution is 2.64. The molecule has 3 rings (SSSR count). The van der Waals surface area contributed by atoms with Crippen LogP contribution in [-0.2, 0) is 19.2 Å². The third-order valence-corrected chi connectivity index (χ3v) is 7.51. The maximum Gasteiger partial charge on any atom is 0.471 e. The maximum atomic E-state index is 13.3. The van der Waals surface area contributed by atoms with Crippen LogP contribution < -0.4 is 21.5 Å². The van der Waals surface area contributed by atoms with Gasteiger partial charge in [-0.15, -0.1) is 12.4 Å². The minimum Gasteiger partial charge on any atom is -0.356 e. The molecular weight excluding hydrogens is 479 g/mol. The molecule has 4 N–H and O–H groups in total. The Morgan fingerprint density at radius 1 is 1.26 bits per heavy atom. The van der Waals surface area contributed by atoms with Gasteiger partial charge in [0.15, 0.2) is 0 Å². The summed E-state index contributed by atoms with van der Waals surface area (Å²) in [6, 6.07) is -2.27. The second-order valence-corrected chi connectivity index (χ2v) is 9.87. The molecule has 194 valence electrons. The fourth-order valence-corrected chi connectivity index (χ4v) is 5.07. The summed E-state index contributed by atoms with van der Waals surface area (Å²) in [5.41, 5.74) is 5.14. The molecule has 0 aromatic rings. The highest BCUT2D eigenvalue weighted by Gasteiger charge is 2.69. The number of carbonyl (C=O) groups excluding carboxylic acids is 4. The minimum atomic E-state index is -5.12. The van der Waals surface area contributed by atoms with E-state index in [9.17, 15) is 32.3 Å². The lowest BCUT2D eigenvalue weighted by Crippen LogP contribution is -2.59. The summed E-state index contributed by atoms with van der Waals surface area (Å²) in [4.78, 5) is 50.9. The van der Waals surface area contributed by atoms with E-state index in [0.717, 1.165) is 0 Å². The predicted octanol–water partition coefficient (Wildman–Crippen LogP) is 0.741. The van der Waals surface area contributed by atoms with Gasteiger partial charge in [0.2, 0.25) is 11.8 Å². The fourth-order valence-electron chi connectivity index (χ4n) is 5.07. The summed E-state index contributed by atoms with van der Waals surface area (Å²) in [5.74, 6) is -4.40. The Kier molecular flexibility index (Phi) is 8.50. The Labute approximate surface area is 202 Å². The second kappa shape index (κ2) is 10.3. The molecule has 1 aliphatic carbocycles. The van der Waals surface area contributed by atoms with Crippen LogP contribution in [0.15, 0.2) is 0 Å². The van der Waals surface area contributed by atoms with Gasteiger partial charge in [-0.1, -0.05) is 34.1 Å². The molecule has 3 unspecified atom stereocenters. The number of hydrogen-bond acceptors (Lipinski definition) is 5. The average molecular weight is 512 g/mol. The van der Waals surface area contributed by atoms with Crippen molar-refractivity contribution in [2.45, 2.75) is 58.8 Å². The maximum absolute atomic E-state index is 13.3. The van der Waals surface area contributed by atoms with Gasteiger partial charge >= 0.3 is 12.1 Å². The van der Waals surface area contributed by atoms with Crippen LogP contribution in [-0.4, -0.2) is 66.4 Å². The first-order valence-corrected chi connectivity index (χ1v) is 11.3. The monoisotopic (exact) mass is 511 g/mol. The van der Waals surface area contributed by atoms with Crippen LogP contribution in [0.1, 0.15) is 40.5 Å². The number of hydrogen-bond donors (Lipinski definition) is 4. The summed E-state index contributed by atoms with van der Waals surface area (Å²) >= 11 is 0. The summed E-state index contributed by atoms with van der Waals surface area (Å²) in [5, 5.41) is 4.54. The minimum absolute atomic E-state index is 0.